The molecule has 0 aromatic heterocycles. The monoisotopic (exact) mass is 359 g/mol. The van der Waals surface area contributed by atoms with Crippen molar-refractivity contribution in [3.63, 3.8) is 0 Å². The van der Waals surface area contributed by atoms with Crippen LogP contribution >= 0.6 is 0 Å². The third-order valence-electron chi connectivity index (χ3n) is 4.27. The number of aryl methyl sites for hydroxylation is 1. The minimum atomic E-state index is -3.74. The van der Waals surface area contributed by atoms with Crippen molar-refractivity contribution in [1.29, 1.82) is 0 Å². The fourth-order valence-electron chi connectivity index (χ4n) is 2.81. The number of benzene rings is 1. The minimum absolute atomic E-state index is 0.205. The van der Waals surface area contributed by atoms with E-state index < -0.39 is 21.7 Å². The zero-order valence-corrected chi connectivity index (χ0v) is 15.0. The average molecular weight is 359 g/mol. The third-order valence-corrected chi connectivity index (χ3v) is 5.95. The normalized spacial score (nSPS) is 23.4. The van der Waals surface area contributed by atoms with Crippen LogP contribution < -0.4 is 5.32 Å². The molecule has 3 rings (SSSR count). The smallest absolute Gasteiger partial charge is 0.269 e. The largest absolute Gasteiger partial charge is 0.387 e. The fraction of sp³-hybridized carbons (Fsp3) is 0.278. The van der Waals surface area contributed by atoms with E-state index in [1.165, 1.54) is 16.7 Å². The van der Waals surface area contributed by atoms with E-state index in [0.717, 1.165) is 5.56 Å². The first-order valence-electron chi connectivity index (χ1n) is 7.94. The van der Waals surface area contributed by atoms with Crippen LogP contribution in [0.3, 0.4) is 0 Å². The Labute approximate surface area is 147 Å². The second kappa shape index (κ2) is 6.16. The number of sulfonamides is 1. The second-order valence-electron chi connectivity index (χ2n) is 6.33. The number of aliphatic hydroxyl groups is 1. The van der Waals surface area contributed by atoms with E-state index in [-0.39, 0.29) is 4.90 Å². The topological polar surface area (TPSA) is 82.0 Å². The summed E-state index contributed by atoms with van der Waals surface area (Å²) >= 11 is 0. The Morgan fingerprint density at radius 3 is 2.72 bits per heavy atom. The molecule has 6 nitrogen and oxygen atoms in total. The summed E-state index contributed by atoms with van der Waals surface area (Å²) in [5, 5.41) is 13.3. The van der Waals surface area contributed by atoms with E-state index in [1.54, 1.807) is 36.4 Å². The lowest BCUT2D eigenvalue weighted by molar-refractivity contribution is 0.201. The standard InChI is InChI=1S/C18H21N3O3S/c1-4-5-16(22)15-12-19-17-18(3,20-15)10-11-21(17)25(23,24)14-8-6-13(2)7-9-14/h4,6-12,16,20,22H,1,5H2,2-3H3. The summed E-state index contributed by atoms with van der Waals surface area (Å²) < 4.78 is 27.1. The van der Waals surface area contributed by atoms with Crippen LogP contribution in [0.5, 0.6) is 0 Å². The molecule has 0 fully saturated rings. The van der Waals surface area contributed by atoms with Gasteiger partial charge in [-0.05, 0) is 38.5 Å². The number of aliphatic imine (C=N–C) groups is 1. The molecule has 132 valence electrons. The maximum atomic E-state index is 12.9. The molecule has 2 unspecified atom stereocenters. The van der Waals surface area contributed by atoms with Gasteiger partial charge in [-0.1, -0.05) is 23.8 Å². The lowest BCUT2D eigenvalue weighted by atomic mass is 9.99. The predicted molar refractivity (Wildman–Crippen MR) is 97.2 cm³/mol. The van der Waals surface area contributed by atoms with E-state index in [9.17, 15) is 13.5 Å². The van der Waals surface area contributed by atoms with E-state index in [1.807, 2.05) is 13.8 Å². The van der Waals surface area contributed by atoms with Gasteiger partial charge >= 0.3 is 0 Å². The number of nitrogens with zero attached hydrogens (tertiary/aromatic N) is 2. The molecule has 2 N–H and O–H groups in total. The van der Waals surface area contributed by atoms with Crippen molar-refractivity contribution in [2.75, 3.05) is 0 Å². The van der Waals surface area contributed by atoms with Gasteiger partial charge < -0.3 is 10.4 Å². The number of aliphatic hydroxyl groups excluding tert-OH is 1. The van der Waals surface area contributed by atoms with Crippen LogP contribution in [0.4, 0.5) is 0 Å². The molecule has 1 aromatic rings. The molecule has 0 saturated heterocycles. The summed E-state index contributed by atoms with van der Waals surface area (Å²) in [7, 11) is -3.74. The lowest BCUT2D eigenvalue weighted by Gasteiger charge is -2.34. The van der Waals surface area contributed by atoms with Crippen molar-refractivity contribution >= 4 is 15.9 Å². The summed E-state index contributed by atoms with van der Waals surface area (Å²) in [6.45, 7) is 7.33. The summed E-state index contributed by atoms with van der Waals surface area (Å²) in [4.78, 5) is 4.53. The van der Waals surface area contributed by atoms with E-state index in [0.29, 0.717) is 18.0 Å². The average Bonchev–Trinajstić information content (AvgIpc) is 2.92. The van der Waals surface area contributed by atoms with E-state index >= 15 is 0 Å². The first-order valence-corrected chi connectivity index (χ1v) is 9.38. The highest BCUT2D eigenvalue weighted by Gasteiger charge is 2.44. The first-order chi connectivity index (χ1) is 11.8. The maximum absolute atomic E-state index is 12.9. The van der Waals surface area contributed by atoms with Crippen LogP contribution in [-0.2, 0) is 10.0 Å². The van der Waals surface area contributed by atoms with Crippen LogP contribution in [0.15, 0.2) is 71.0 Å². The quantitative estimate of drug-likeness (QED) is 0.789. The highest BCUT2D eigenvalue weighted by molar-refractivity contribution is 7.89. The number of hydrogen-bond acceptors (Lipinski definition) is 5. The molecular weight excluding hydrogens is 338 g/mol. The minimum Gasteiger partial charge on any atom is -0.387 e. The summed E-state index contributed by atoms with van der Waals surface area (Å²) in [5.74, 6) is 0.350. The number of nitrogens with one attached hydrogen (secondary N) is 1. The van der Waals surface area contributed by atoms with Crippen molar-refractivity contribution in [3.8, 4) is 0 Å². The number of rotatable bonds is 5. The van der Waals surface area contributed by atoms with Gasteiger partial charge in [0.05, 0.1) is 22.9 Å². The second-order valence-corrected chi connectivity index (χ2v) is 8.15. The SMILES string of the molecule is C=CCC(O)C1=CN=C2N(S(=O)(=O)c3ccc(C)cc3)C=CC2(C)N1. The molecule has 2 atom stereocenters. The van der Waals surface area contributed by atoms with Crippen molar-refractivity contribution in [2.45, 2.75) is 36.8 Å². The zero-order chi connectivity index (χ0) is 18.2. The van der Waals surface area contributed by atoms with Crippen LogP contribution in [-0.4, -0.2) is 35.3 Å². The van der Waals surface area contributed by atoms with Gasteiger partial charge in [0, 0.05) is 6.20 Å². The van der Waals surface area contributed by atoms with Crippen molar-refractivity contribution in [3.05, 3.63) is 66.7 Å². The maximum Gasteiger partial charge on any atom is 0.269 e. The molecule has 2 aliphatic rings. The van der Waals surface area contributed by atoms with Gasteiger partial charge in [0.1, 0.15) is 5.54 Å². The van der Waals surface area contributed by atoms with Crippen LogP contribution in [0, 0.1) is 6.92 Å². The van der Waals surface area contributed by atoms with Crippen LogP contribution in [0.1, 0.15) is 18.9 Å². The summed E-state index contributed by atoms with van der Waals surface area (Å²) in [6.07, 6.45) is 5.94. The number of amidine groups is 1. The van der Waals surface area contributed by atoms with Crippen molar-refractivity contribution < 1.29 is 13.5 Å². The predicted octanol–water partition coefficient (Wildman–Crippen LogP) is 2.05. The molecule has 1 aromatic carbocycles. The van der Waals surface area contributed by atoms with E-state index in [2.05, 4.69) is 16.9 Å². The molecule has 0 amide bonds. The Hall–Kier alpha value is -2.38. The Balaban J connectivity index is 1.97. The Bertz CT molecular complexity index is 885. The van der Waals surface area contributed by atoms with Gasteiger partial charge in [0.15, 0.2) is 5.84 Å². The molecule has 2 heterocycles. The first kappa shape index (κ1) is 17.4. The molecule has 7 heteroatoms. The van der Waals surface area contributed by atoms with Crippen LogP contribution in [0.25, 0.3) is 0 Å². The van der Waals surface area contributed by atoms with Gasteiger partial charge in [-0.3, -0.25) is 0 Å². The van der Waals surface area contributed by atoms with Crippen molar-refractivity contribution in [2.24, 2.45) is 4.99 Å². The number of fused-ring (bicyclic) bond motifs is 1. The molecule has 0 saturated carbocycles. The molecule has 25 heavy (non-hydrogen) atoms. The molecule has 0 aliphatic carbocycles. The summed E-state index contributed by atoms with van der Waals surface area (Å²) in [6, 6.07) is 6.69. The van der Waals surface area contributed by atoms with Gasteiger partial charge in [0.25, 0.3) is 10.0 Å². The molecule has 0 spiro atoms. The van der Waals surface area contributed by atoms with Gasteiger partial charge in [0.2, 0.25) is 0 Å². The number of hydrogen-bond donors (Lipinski definition) is 2. The molecule has 2 aliphatic heterocycles. The highest BCUT2D eigenvalue weighted by Crippen LogP contribution is 2.31. The van der Waals surface area contributed by atoms with Gasteiger partial charge in [-0.2, -0.15) is 0 Å². The Kier molecular flexibility index (Phi) is 4.30. The van der Waals surface area contributed by atoms with Gasteiger partial charge in [-0.15, -0.1) is 6.58 Å². The van der Waals surface area contributed by atoms with E-state index in [4.69, 9.17) is 0 Å². The summed E-state index contributed by atoms with van der Waals surface area (Å²) in [5.41, 5.74) is 0.718. The fourth-order valence-corrected chi connectivity index (χ4v) is 4.21. The van der Waals surface area contributed by atoms with Gasteiger partial charge in [-0.25, -0.2) is 17.7 Å². The third kappa shape index (κ3) is 3.01. The van der Waals surface area contributed by atoms with Crippen molar-refractivity contribution in [1.82, 2.24) is 9.62 Å². The molecular formula is C18H21N3O3S. The van der Waals surface area contributed by atoms with Crippen LogP contribution in [0.2, 0.25) is 0 Å². The zero-order valence-electron chi connectivity index (χ0n) is 14.2. The lowest BCUT2D eigenvalue weighted by Crippen LogP contribution is -2.53. The Morgan fingerprint density at radius 1 is 1.40 bits per heavy atom. The molecule has 0 bridgehead atoms. The molecule has 0 radical (unpaired) electrons. The Morgan fingerprint density at radius 2 is 2.08 bits per heavy atom. The highest BCUT2D eigenvalue weighted by atomic mass is 32.2.